The van der Waals surface area contributed by atoms with Crippen LogP contribution in [0.15, 0.2) is 39.2 Å². The summed E-state index contributed by atoms with van der Waals surface area (Å²) < 4.78 is 11.1. The molecule has 0 N–H and O–H groups in total. The van der Waals surface area contributed by atoms with Gasteiger partial charge in [0.25, 0.3) is 0 Å². The third-order valence-corrected chi connectivity index (χ3v) is 2.75. The summed E-state index contributed by atoms with van der Waals surface area (Å²) in [6, 6.07) is 9.72. The second-order valence-corrected chi connectivity index (χ2v) is 4.45. The summed E-state index contributed by atoms with van der Waals surface area (Å²) in [7, 11) is 0. The lowest BCUT2D eigenvalue weighted by Crippen LogP contribution is -1.96. The third kappa shape index (κ3) is 3.11. The quantitative estimate of drug-likeness (QED) is 0.635. The van der Waals surface area contributed by atoms with Gasteiger partial charge in [-0.3, -0.25) is 10.1 Å². The molecule has 1 heterocycles. The molecule has 0 unspecified atom stereocenters. The molecular formula is C12H7BrN2O4. The molecule has 96 valence electrons. The lowest BCUT2D eigenvalue weighted by atomic mass is 10.2. The van der Waals surface area contributed by atoms with Crippen LogP contribution < -0.4 is 4.74 Å². The minimum atomic E-state index is -0.621. The molecule has 0 bridgehead atoms. The first-order valence-electron chi connectivity index (χ1n) is 5.15. The van der Waals surface area contributed by atoms with Crippen molar-refractivity contribution >= 4 is 21.8 Å². The Bertz CT molecular complexity index is 660. The van der Waals surface area contributed by atoms with Crippen LogP contribution >= 0.6 is 15.9 Å². The number of nitriles is 1. The molecule has 0 aliphatic carbocycles. The van der Waals surface area contributed by atoms with Crippen molar-refractivity contribution in [2.24, 2.45) is 0 Å². The Hall–Kier alpha value is -2.33. The first kappa shape index (κ1) is 13.1. The van der Waals surface area contributed by atoms with E-state index in [1.54, 1.807) is 18.2 Å². The number of nitro groups is 1. The summed E-state index contributed by atoms with van der Waals surface area (Å²) in [4.78, 5) is 9.83. The van der Waals surface area contributed by atoms with Crippen molar-refractivity contribution in [2.45, 2.75) is 6.61 Å². The van der Waals surface area contributed by atoms with Crippen LogP contribution in [0, 0.1) is 21.4 Å². The highest BCUT2D eigenvalue weighted by molar-refractivity contribution is 9.10. The van der Waals surface area contributed by atoms with Gasteiger partial charge in [0.15, 0.2) is 0 Å². The van der Waals surface area contributed by atoms with Crippen molar-refractivity contribution in [3.05, 3.63) is 56.2 Å². The maximum absolute atomic E-state index is 10.4. The number of rotatable bonds is 4. The van der Waals surface area contributed by atoms with E-state index in [9.17, 15) is 10.1 Å². The fourth-order valence-electron chi connectivity index (χ4n) is 1.41. The largest absolute Gasteiger partial charge is 0.484 e. The van der Waals surface area contributed by atoms with Crippen LogP contribution in [0.3, 0.4) is 0 Å². The van der Waals surface area contributed by atoms with Gasteiger partial charge < -0.3 is 9.15 Å². The molecule has 0 aliphatic rings. The van der Waals surface area contributed by atoms with Crippen molar-refractivity contribution < 1.29 is 14.1 Å². The normalized spacial score (nSPS) is 9.89. The van der Waals surface area contributed by atoms with Crippen molar-refractivity contribution in [3.8, 4) is 11.8 Å². The predicted octanol–water partition coefficient (Wildman–Crippen LogP) is 3.40. The predicted molar refractivity (Wildman–Crippen MR) is 68.6 cm³/mol. The minimum absolute atomic E-state index is 0.0180. The van der Waals surface area contributed by atoms with Crippen LogP contribution in [0.4, 0.5) is 5.88 Å². The van der Waals surface area contributed by atoms with Crippen molar-refractivity contribution in [3.63, 3.8) is 0 Å². The maximum atomic E-state index is 10.4. The highest BCUT2D eigenvalue weighted by Gasteiger charge is 2.12. The highest BCUT2D eigenvalue weighted by atomic mass is 79.9. The van der Waals surface area contributed by atoms with Crippen molar-refractivity contribution in [2.75, 3.05) is 0 Å². The molecule has 0 amide bonds. The summed E-state index contributed by atoms with van der Waals surface area (Å²) in [6.07, 6.45) is 0. The van der Waals surface area contributed by atoms with Gasteiger partial charge in [-0.15, -0.1) is 0 Å². The molecule has 2 rings (SSSR count). The SMILES string of the molecule is N#Cc1cc(Br)ccc1OCc1ccc([N+](=O)[O-])o1. The number of halogens is 1. The fraction of sp³-hybridized carbons (Fsp3) is 0.0833. The summed E-state index contributed by atoms with van der Waals surface area (Å²) in [5, 5.41) is 19.4. The van der Waals surface area contributed by atoms with Gasteiger partial charge in [-0.2, -0.15) is 5.26 Å². The summed E-state index contributed by atoms with van der Waals surface area (Å²) in [5.74, 6) is 0.373. The van der Waals surface area contributed by atoms with Crippen LogP contribution in [0.2, 0.25) is 0 Å². The van der Waals surface area contributed by atoms with Crippen LogP contribution in [0.5, 0.6) is 5.75 Å². The van der Waals surface area contributed by atoms with Gasteiger partial charge >= 0.3 is 5.88 Å². The Kier molecular flexibility index (Phi) is 3.82. The molecule has 0 fully saturated rings. The van der Waals surface area contributed by atoms with Gasteiger partial charge in [-0.1, -0.05) is 15.9 Å². The zero-order valence-corrected chi connectivity index (χ0v) is 11.1. The van der Waals surface area contributed by atoms with Gasteiger partial charge in [0.05, 0.1) is 11.6 Å². The van der Waals surface area contributed by atoms with E-state index in [4.69, 9.17) is 14.4 Å². The Balaban J connectivity index is 2.10. The Morgan fingerprint density at radius 1 is 1.42 bits per heavy atom. The number of hydrogen-bond donors (Lipinski definition) is 0. The Morgan fingerprint density at radius 2 is 2.21 bits per heavy atom. The number of ether oxygens (including phenoxy) is 1. The van der Waals surface area contributed by atoms with Gasteiger partial charge in [0.1, 0.15) is 29.1 Å². The minimum Gasteiger partial charge on any atom is -0.484 e. The second-order valence-electron chi connectivity index (χ2n) is 3.54. The van der Waals surface area contributed by atoms with Gasteiger partial charge in [-0.05, 0) is 24.3 Å². The molecule has 19 heavy (non-hydrogen) atoms. The molecule has 2 aromatic rings. The summed E-state index contributed by atoms with van der Waals surface area (Å²) in [5.41, 5.74) is 0.371. The molecule has 0 saturated heterocycles. The fourth-order valence-corrected chi connectivity index (χ4v) is 1.77. The highest BCUT2D eigenvalue weighted by Crippen LogP contribution is 2.24. The average molecular weight is 323 g/mol. The van der Waals surface area contributed by atoms with E-state index in [-0.39, 0.29) is 12.5 Å². The first-order chi connectivity index (χ1) is 9.10. The van der Waals surface area contributed by atoms with E-state index < -0.39 is 4.92 Å². The van der Waals surface area contributed by atoms with Gasteiger partial charge in [0.2, 0.25) is 0 Å². The molecule has 0 spiro atoms. The van der Waals surface area contributed by atoms with E-state index in [0.29, 0.717) is 17.1 Å². The van der Waals surface area contributed by atoms with Gasteiger partial charge in [0, 0.05) is 4.47 Å². The lowest BCUT2D eigenvalue weighted by molar-refractivity contribution is -0.402. The molecule has 1 aromatic heterocycles. The van der Waals surface area contributed by atoms with Crippen molar-refractivity contribution in [1.82, 2.24) is 0 Å². The standard InChI is InChI=1S/C12H7BrN2O4/c13-9-1-3-11(8(5-9)6-14)18-7-10-2-4-12(19-10)15(16)17/h1-5H,7H2. The number of nitrogens with zero attached hydrogens (tertiary/aromatic N) is 2. The monoisotopic (exact) mass is 322 g/mol. The molecule has 6 nitrogen and oxygen atoms in total. The third-order valence-electron chi connectivity index (χ3n) is 2.26. The number of benzene rings is 1. The zero-order chi connectivity index (χ0) is 13.8. The lowest BCUT2D eigenvalue weighted by Gasteiger charge is -2.05. The van der Waals surface area contributed by atoms with E-state index in [2.05, 4.69) is 15.9 Å². The smallest absolute Gasteiger partial charge is 0.433 e. The van der Waals surface area contributed by atoms with Crippen LogP contribution in [0.1, 0.15) is 11.3 Å². The second kappa shape index (κ2) is 5.54. The topological polar surface area (TPSA) is 89.3 Å². The molecule has 0 radical (unpaired) electrons. The van der Waals surface area contributed by atoms with Crippen LogP contribution in [-0.4, -0.2) is 4.92 Å². The van der Waals surface area contributed by atoms with Crippen LogP contribution in [0.25, 0.3) is 0 Å². The average Bonchev–Trinajstić information content (AvgIpc) is 2.86. The molecule has 0 saturated carbocycles. The van der Waals surface area contributed by atoms with Crippen LogP contribution in [-0.2, 0) is 6.61 Å². The molecule has 0 atom stereocenters. The zero-order valence-electron chi connectivity index (χ0n) is 9.50. The number of hydrogen-bond acceptors (Lipinski definition) is 5. The molecule has 0 aliphatic heterocycles. The van der Waals surface area contributed by atoms with Gasteiger partial charge in [-0.25, -0.2) is 0 Å². The maximum Gasteiger partial charge on any atom is 0.433 e. The Morgan fingerprint density at radius 3 is 2.84 bits per heavy atom. The molecule has 7 heteroatoms. The number of furan rings is 1. The van der Waals surface area contributed by atoms with Crippen molar-refractivity contribution in [1.29, 1.82) is 5.26 Å². The summed E-state index contributed by atoms with van der Waals surface area (Å²) in [6.45, 7) is 0.0180. The first-order valence-corrected chi connectivity index (χ1v) is 5.95. The van der Waals surface area contributed by atoms with E-state index in [0.717, 1.165) is 4.47 Å². The molecular weight excluding hydrogens is 316 g/mol. The summed E-state index contributed by atoms with van der Waals surface area (Å²) >= 11 is 3.25. The van der Waals surface area contributed by atoms with E-state index in [1.165, 1.54) is 12.1 Å². The molecule has 1 aromatic carbocycles. The van der Waals surface area contributed by atoms with E-state index >= 15 is 0 Å². The van der Waals surface area contributed by atoms with E-state index in [1.807, 2.05) is 6.07 Å². The Labute approximate surface area is 116 Å².